The molecule has 0 radical (unpaired) electrons. The SMILES string of the molecule is CC(C)[C@@H](NS(=O)(=O)c1ccccc1F)C(=O)[O-]. The molecule has 0 aromatic heterocycles. The Morgan fingerprint density at radius 1 is 1.33 bits per heavy atom. The van der Waals surface area contributed by atoms with E-state index in [1.54, 1.807) is 0 Å². The number of hydrogen-bond acceptors (Lipinski definition) is 4. The van der Waals surface area contributed by atoms with E-state index in [-0.39, 0.29) is 0 Å². The molecular weight excluding hydrogens is 261 g/mol. The predicted molar refractivity (Wildman–Crippen MR) is 60.4 cm³/mol. The van der Waals surface area contributed by atoms with Crippen molar-refractivity contribution in [3.05, 3.63) is 30.1 Å². The first-order valence-electron chi connectivity index (χ1n) is 5.23. The van der Waals surface area contributed by atoms with Crippen molar-refractivity contribution >= 4 is 16.0 Å². The van der Waals surface area contributed by atoms with E-state index in [4.69, 9.17) is 0 Å². The Balaban J connectivity index is 3.09. The van der Waals surface area contributed by atoms with Gasteiger partial charge in [0.1, 0.15) is 10.7 Å². The van der Waals surface area contributed by atoms with E-state index in [2.05, 4.69) is 0 Å². The molecule has 0 fully saturated rings. The average molecular weight is 274 g/mol. The summed E-state index contributed by atoms with van der Waals surface area (Å²) < 4.78 is 38.9. The molecule has 1 atom stereocenters. The van der Waals surface area contributed by atoms with Crippen LogP contribution >= 0.6 is 0 Å². The monoisotopic (exact) mass is 274 g/mol. The van der Waals surface area contributed by atoms with Crippen molar-refractivity contribution in [1.82, 2.24) is 4.72 Å². The van der Waals surface area contributed by atoms with E-state index in [0.29, 0.717) is 0 Å². The molecule has 0 amide bonds. The van der Waals surface area contributed by atoms with Gasteiger partial charge in [0.2, 0.25) is 10.0 Å². The molecule has 1 aromatic rings. The van der Waals surface area contributed by atoms with Gasteiger partial charge < -0.3 is 9.90 Å². The quantitative estimate of drug-likeness (QED) is 0.811. The highest BCUT2D eigenvalue weighted by atomic mass is 32.2. The third kappa shape index (κ3) is 3.27. The number of halogens is 1. The second-order valence-corrected chi connectivity index (χ2v) is 5.77. The maximum atomic E-state index is 13.4. The van der Waals surface area contributed by atoms with Crippen molar-refractivity contribution in [3.8, 4) is 0 Å². The molecule has 0 saturated heterocycles. The number of carbonyl (C=O) groups is 1. The molecule has 1 N–H and O–H groups in total. The smallest absolute Gasteiger partial charge is 0.244 e. The lowest BCUT2D eigenvalue weighted by atomic mass is 10.1. The number of nitrogens with one attached hydrogen (secondary N) is 1. The molecule has 1 aromatic carbocycles. The number of aliphatic carboxylic acids is 1. The van der Waals surface area contributed by atoms with Gasteiger partial charge in [-0.25, -0.2) is 17.5 Å². The number of carboxylic acid groups (broad SMARTS) is 1. The van der Waals surface area contributed by atoms with Crippen LogP contribution < -0.4 is 9.83 Å². The maximum absolute atomic E-state index is 13.4. The second kappa shape index (κ2) is 5.45. The highest BCUT2D eigenvalue weighted by Gasteiger charge is 2.25. The highest BCUT2D eigenvalue weighted by Crippen LogP contribution is 2.15. The fraction of sp³-hybridized carbons (Fsp3) is 0.364. The van der Waals surface area contributed by atoms with E-state index in [1.807, 2.05) is 4.72 Å². The number of carbonyl (C=O) groups excluding carboxylic acids is 1. The molecule has 0 aliphatic rings. The van der Waals surface area contributed by atoms with Crippen LogP contribution in [-0.4, -0.2) is 20.4 Å². The minimum Gasteiger partial charge on any atom is -0.548 e. The van der Waals surface area contributed by atoms with Gasteiger partial charge in [0.15, 0.2) is 0 Å². The summed E-state index contributed by atoms with van der Waals surface area (Å²) in [6.07, 6.45) is 0. The molecule has 0 aliphatic carbocycles. The van der Waals surface area contributed by atoms with Crippen LogP contribution in [0.1, 0.15) is 13.8 Å². The summed E-state index contributed by atoms with van der Waals surface area (Å²) in [5.41, 5.74) is 0. The van der Waals surface area contributed by atoms with E-state index in [0.717, 1.165) is 12.1 Å². The van der Waals surface area contributed by atoms with Gasteiger partial charge in [-0.2, -0.15) is 0 Å². The summed E-state index contributed by atoms with van der Waals surface area (Å²) in [5, 5.41) is 10.8. The van der Waals surface area contributed by atoms with Crippen LogP contribution in [-0.2, 0) is 14.8 Å². The molecule has 1 rings (SSSR count). The molecule has 7 heteroatoms. The number of carboxylic acids is 1. The maximum Gasteiger partial charge on any atom is 0.244 e. The molecule has 0 saturated carbocycles. The lowest BCUT2D eigenvalue weighted by Gasteiger charge is -2.23. The standard InChI is InChI=1S/C11H14FNO4S/c1-7(2)10(11(14)15)13-18(16,17)9-6-4-3-5-8(9)12/h3-7,10,13H,1-2H3,(H,14,15)/p-1/t10-/m1/s1. The Morgan fingerprint density at radius 2 is 1.89 bits per heavy atom. The number of rotatable bonds is 5. The van der Waals surface area contributed by atoms with Crippen molar-refractivity contribution in [2.24, 2.45) is 5.92 Å². The summed E-state index contributed by atoms with van der Waals surface area (Å²) >= 11 is 0. The molecule has 100 valence electrons. The minimum atomic E-state index is -4.23. The predicted octanol–water partition coefficient (Wildman–Crippen LogP) is -0.121. The van der Waals surface area contributed by atoms with Crippen molar-refractivity contribution in [2.45, 2.75) is 24.8 Å². The summed E-state index contributed by atoms with van der Waals surface area (Å²) in [6, 6.07) is 3.32. The van der Waals surface area contributed by atoms with Gasteiger partial charge in [-0.1, -0.05) is 26.0 Å². The number of sulfonamides is 1. The van der Waals surface area contributed by atoms with Crippen molar-refractivity contribution in [2.75, 3.05) is 0 Å². The van der Waals surface area contributed by atoms with Gasteiger partial charge in [0, 0.05) is 0 Å². The summed E-state index contributed by atoms with van der Waals surface area (Å²) in [5.74, 6) is -3.01. The minimum absolute atomic E-state index is 0.517. The first kappa shape index (κ1) is 14.6. The Labute approximate surface area is 105 Å². The highest BCUT2D eigenvalue weighted by molar-refractivity contribution is 7.89. The van der Waals surface area contributed by atoms with Gasteiger partial charge in [-0.15, -0.1) is 0 Å². The van der Waals surface area contributed by atoms with Gasteiger partial charge in [0.05, 0.1) is 12.0 Å². The van der Waals surface area contributed by atoms with E-state index in [1.165, 1.54) is 26.0 Å². The lowest BCUT2D eigenvalue weighted by molar-refractivity contribution is -0.309. The Morgan fingerprint density at radius 3 is 2.33 bits per heavy atom. The largest absolute Gasteiger partial charge is 0.548 e. The zero-order chi connectivity index (χ0) is 13.9. The molecule has 0 aliphatic heterocycles. The van der Waals surface area contributed by atoms with Crippen LogP contribution in [0.25, 0.3) is 0 Å². The van der Waals surface area contributed by atoms with Crippen LogP contribution in [0.15, 0.2) is 29.2 Å². The van der Waals surface area contributed by atoms with Crippen molar-refractivity contribution in [1.29, 1.82) is 0 Å². The fourth-order valence-corrected chi connectivity index (χ4v) is 2.76. The van der Waals surface area contributed by atoms with Crippen LogP contribution in [0.3, 0.4) is 0 Å². The first-order chi connectivity index (χ1) is 8.25. The lowest BCUT2D eigenvalue weighted by Crippen LogP contribution is -2.50. The van der Waals surface area contributed by atoms with Crippen LogP contribution in [0.5, 0.6) is 0 Å². The molecule has 0 bridgehead atoms. The van der Waals surface area contributed by atoms with Crippen LogP contribution in [0.2, 0.25) is 0 Å². The van der Waals surface area contributed by atoms with E-state index in [9.17, 15) is 22.7 Å². The normalized spacial score (nSPS) is 13.6. The van der Waals surface area contributed by atoms with Gasteiger partial charge in [-0.3, -0.25) is 0 Å². The zero-order valence-corrected chi connectivity index (χ0v) is 10.7. The Kier molecular flexibility index (Phi) is 4.42. The zero-order valence-electron chi connectivity index (χ0n) is 9.88. The Bertz CT molecular complexity index is 542. The number of benzene rings is 1. The molecular formula is C11H13FNO4S-. The van der Waals surface area contributed by atoms with Crippen molar-refractivity contribution in [3.63, 3.8) is 0 Å². The Hall–Kier alpha value is -1.47. The second-order valence-electron chi connectivity index (χ2n) is 4.09. The third-order valence-electron chi connectivity index (χ3n) is 2.33. The van der Waals surface area contributed by atoms with Gasteiger partial charge in [-0.05, 0) is 18.1 Å². The topological polar surface area (TPSA) is 86.3 Å². The number of hydrogen-bond donors (Lipinski definition) is 1. The summed E-state index contributed by atoms with van der Waals surface area (Å²) in [7, 11) is -4.23. The molecule has 18 heavy (non-hydrogen) atoms. The van der Waals surface area contributed by atoms with E-state index >= 15 is 0 Å². The van der Waals surface area contributed by atoms with Crippen LogP contribution in [0.4, 0.5) is 4.39 Å². The molecule has 0 heterocycles. The van der Waals surface area contributed by atoms with E-state index < -0.39 is 38.7 Å². The third-order valence-corrected chi connectivity index (χ3v) is 3.80. The summed E-state index contributed by atoms with van der Waals surface area (Å²) in [4.78, 5) is 10.2. The van der Waals surface area contributed by atoms with Gasteiger partial charge in [0.25, 0.3) is 0 Å². The molecule has 0 unspecified atom stereocenters. The van der Waals surface area contributed by atoms with Crippen LogP contribution in [0, 0.1) is 11.7 Å². The molecule has 0 spiro atoms. The first-order valence-corrected chi connectivity index (χ1v) is 6.71. The molecule has 5 nitrogen and oxygen atoms in total. The van der Waals surface area contributed by atoms with Crippen molar-refractivity contribution < 1.29 is 22.7 Å². The van der Waals surface area contributed by atoms with Gasteiger partial charge >= 0.3 is 0 Å². The fourth-order valence-electron chi connectivity index (χ4n) is 1.35. The average Bonchev–Trinajstić information content (AvgIpc) is 2.25. The summed E-state index contributed by atoms with van der Waals surface area (Å²) in [6.45, 7) is 3.04.